The first-order valence-corrected chi connectivity index (χ1v) is 8.86. The molecule has 126 valence electrons. The van der Waals surface area contributed by atoms with Crippen LogP contribution in [-0.2, 0) is 26.2 Å². The molecule has 1 N–H and O–H groups in total. The number of rotatable bonds is 2. The van der Waals surface area contributed by atoms with E-state index in [2.05, 4.69) is 24.0 Å². The van der Waals surface area contributed by atoms with Gasteiger partial charge in [-0.2, -0.15) is 0 Å². The molecule has 0 aliphatic heterocycles. The van der Waals surface area contributed by atoms with Gasteiger partial charge in [0, 0.05) is 34.4 Å². The van der Waals surface area contributed by atoms with E-state index < -0.39 is 5.41 Å². The normalized spacial score (nSPS) is 29.2. The van der Waals surface area contributed by atoms with E-state index in [1.807, 2.05) is 19.1 Å². The summed E-state index contributed by atoms with van der Waals surface area (Å²) >= 11 is 0. The number of nitrogens with one attached hydrogen (secondary N) is 1. The lowest BCUT2D eigenvalue weighted by Crippen LogP contribution is -2.53. The molecule has 4 heteroatoms. The fourth-order valence-corrected chi connectivity index (χ4v) is 4.96. The van der Waals surface area contributed by atoms with Crippen molar-refractivity contribution in [1.29, 1.82) is 0 Å². The first-order chi connectivity index (χ1) is 11.6. The quantitative estimate of drug-likeness (QED) is 0.859. The minimum Gasteiger partial charge on any atom is -0.466 e. The molecule has 1 aromatic carbocycles. The van der Waals surface area contributed by atoms with Gasteiger partial charge in [0.15, 0.2) is 0 Å². The number of aryl methyl sites for hydroxylation is 1. The van der Waals surface area contributed by atoms with Crippen molar-refractivity contribution in [1.82, 2.24) is 4.98 Å². The molecule has 1 fully saturated rings. The smallest absolute Gasteiger partial charge is 0.309 e. The summed E-state index contributed by atoms with van der Waals surface area (Å²) in [7, 11) is 0. The van der Waals surface area contributed by atoms with Gasteiger partial charge < -0.3 is 9.72 Å². The number of ketones is 1. The highest BCUT2D eigenvalue weighted by Crippen LogP contribution is 2.52. The molecule has 0 amide bonds. The summed E-state index contributed by atoms with van der Waals surface area (Å²) in [4.78, 5) is 28.8. The Bertz CT molecular complexity index is 821. The molecule has 2 aromatic rings. The van der Waals surface area contributed by atoms with Crippen molar-refractivity contribution in [2.24, 2.45) is 11.8 Å². The zero-order valence-electron chi connectivity index (χ0n) is 14.2. The van der Waals surface area contributed by atoms with E-state index in [4.69, 9.17) is 4.74 Å². The van der Waals surface area contributed by atoms with Crippen molar-refractivity contribution in [3.63, 3.8) is 0 Å². The van der Waals surface area contributed by atoms with Crippen LogP contribution >= 0.6 is 0 Å². The molecule has 1 aromatic heterocycles. The van der Waals surface area contributed by atoms with Gasteiger partial charge in [0.2, 0.25) is 0 Å². The van der Waals surface area contributed by atoms with Crippen LogP contribution < -0.4 is 0 Å². The molecule has 1 heterocycles. The number of esters is 1. The van der Waals surface area contributed by atoms with Crippen molar-refractivity contribution in [3.05, 3.63) is 35.5 Å². The van der Waals surface area contributed by atoms with Gasteiger partial charge >= 0.3 is 5.97 Å². The highest BCUT2D eigenvalue weighted by Gasteiger charge is 2.55. The third kappa shape index (κ3) is 1.98. The second-order valence-electron chi connectivity index (χ2n) is 7.21. The molecule has 0 saturated heterocycles. The summed E-state index contributed by atoms with van der Waals surface area (Å²) in [6.07, 6.45) is 2.78. The number of fused-ring (bicyclic) bond motifs is 5. The monoisotopic (exact) mass is 325 g/mol. The maximum absolute atomic E-state index is 12.6. The molecule has 1 saturated carbocycles. The minimum atomic E-state index is -0.492. The van der Waals surface area contributed by atoms with E-state index in [1.54, 1.807) is 0 Å². The molecular formula is C20H23NO3. The fraction of sp³-hybridized carbons (Fsp3) is 0.500. The number of aromatic amines is 1. The van der Waals surface area contributed by atoms with Crippen LogP contribution in [0.3, 0.4) is 0 Å². The largest absolute Gasteiger partial charge is 0.466 e. The van der Waals surface area contributed by atoms with Crippen LogP contribution in [0.15, 0.2) is 24.3 Å². The number of hydrogen-bond donors (Lipinski definition) is 1. The molecule has 3 atom stereocenters. The van der Waals surface area contributed by atoms with Gasteiger partial charge in [-0.05, 0) is 37.8 Å². The van der Waals surface area contributed by atoms with Gasteiger partial charge in [-0.3, -0.25) is 9.59 Å². The molecular weight excluding hydrogens is 302 g/mol. The van der Waals surface area contributed by atoms with Gasteiger partial charge in [-0.1, -0.05) is 25.1 Å². The maximum Gasteiger partial charge on any atom is 0.309 e. The third-order valence-corrected chi connectivity index (χ3v) is 6.12. The number of H-pyrrole nitrogens is 1. The average Bonchev–Trinajstić information content (AvgIpc) is 2.95. The Balaban J connectivity index is 1.91. The second-order valence-corrected chi connectivity index (χ2v) is 7.21. The van der Waals surface area contributed by atoms with E-state index in [0.717, 1.165) is 24.1 Å². The summed E-state index contributed by atoms with van der Waals surface area (Å²) in [5.74, 6) is -0.222. The van der Waals surface area contributed by atoms with Crippen LogP contribution in [0.5, 0.6) is 0 Å². The van der Waals surface area contributed by atoms with Crippen molar-refractivity contribution in [2.75, 3.05) is 6.61 Å². The van der Waals surface area contributed by atoms with Crippen LogP contribution in [-0.4, -0.2) is 23.3 Å². The Morgan fingerprint density at radius 3 is 2.88 bits per heavy atom. The number of benzene rings is 1. The number of Topliss-reactive ketones (excluding diaryl/α,β-unsaturated/α-hetero) is 1. The highest BCUT2D eigenvalue weighted by molar-refractivity contribution is 5.91. The molecule has 0 radical (unpaired) electrons. The highest BCUT2D eigenvalue weighted by atomic mass is 16.5. The minimum absolute atomic E-state index is 0.0961. The summed E-state index contributed by atoms with van der Waals surface area (Å²) in [5, 5.41) is 1.22. The molecule has 2 aliphatic rings. The number of carbonyl (C=O) groups excluding carboxylic acids is 2. The molecule has 24 heavy (non-hydrogen) atoms. The van der Waals surface area contributed by atoms with Crippen molar-refractivity contribution in [2.45, 2.75) is 44.9 Å². The summed E-state index contributed by atoms with van der Waals surface area (Å²) in [6.45, 7) is 4.30. The number of aromatic nitrogens is 1. The van der Waals surface area contributed by atoms with Gasteiger partial charge in [0.1, 0.15) is 5.78 Å². The van der Waals surface area contributed by atoms with E-state index in [0.29, 0.717) is 25.2 Å². The van der Waals surface area contributed by atoms with E-state index in [1.165, 1.54) is 10.9 Å². The van der Waals surface area contributed by atoms with Gasteiger partial charge in [0.05, 0.1) is 12.5 Å². The molecule has 1 unspecified atom stereocenters. The van der Waals surface area contributed by atoms with Gasteiger partial charge in [0.25, 0.3) is 0 Å². The SMILES string of the molecule is CCOC(=O)[C@@H]1CCC(=O)C2CCc3c([nH]c4ccccc34)[C@]21C. The second kappa shape index (κ2) is 5.47. The lowest BCUT2D eigenvalue weighted by Gasteiger charge is -2.47. The van der Waals surface area contributed by atoms with E-state index >= 15 is 0 Å². The third-order valence-electron chi connectivity index (χ3n) is 6.12. The fourth-order valence-electron chi connectivity index (χ4n) is 4.96. The molecule has 2 aliphatic carbocycles. The van der Waals surface area contributed by atoms with Gasteiger partial charge in [-0.15, -0.1) is 0 Å². The maximum atomic E-state index is 12.6. The Morgan fingerprint density at radius 2 is 2.08 bits per heavy atom. The number of carbonyl (C=O) groups is 2. The Labute approximate surface area is 141 Å². The van der Waals surface area contributed by atoms with Crippen molar-refractivity contribution in [3.8, 4) is 0 Å². The Morgan fingerprint density at radius 1 is 1.29 bits per heavy atom. The Hall–Kier alpha value is -2.10. The number of ether oxygens (including phenoxy) is 1. The Kier molecular flexibility index (Phi) is 3.52. The van der Waals surface area contributed by atoms with Crippen LogP contribution in [0.2, 0.25) is 0 Å². The standard InChI is InChI=1S/C20H23NO3/c1-3-24-19(23)15-10-11-17(22)14-9-8-13-12-6-4-5-7-16(12)21-18(13)20(14,15)2/h4-7,14-15,21H,3,8-11H2,1-2H3/t14?,15-,20+/m0/s1. The zero-order chi connectivity index (χ0) is 16.9. The molecule has 4 nitrogen and oxygen atoms in total. The van der Waals surface area contributed by atoms with Gasteiger partial charge in [-0.25, -0.2) is 0 Å². The summed E-state index contributed by atoms with van der Waals surface area (Å²) < 4.78 is 5.36. The lowest BCUT2D eigenvalue weighted by atomic mass is 9.55. The topological polar surface area (TPSA) is 59.2 Å². The predicted molar refractivity (Wildman–Crippen MR) is 91.8 cm³/mol. The van der Waals surface area contributed by atoms with E-state index in [-0.39, 0.29) is 17.8 Å². The number of para-hydroxylation sites is 1. The van der Waals surface area contributed by atoms with Crippen molar-refractivity contribution < 1.29 is 14.3 Å². The van der Waals surface area contributed by atoms with E-state index in [9.17, 15) is 9.59 Å². The summed E-state index contributed by atoms with van der Waals surface area (Å²) in [5.41, 5.74) is 2.94. The first kappa shape index (κ1) is 15.4. The molecule has 0 spiro atoms. The van der Waals surface area contributed by atoms with Crippen LogP contribution in [0.4, 0.5) is 0 Å². The summed E-state index contributed by atoms with van der Waals surface area (Å²) in [6, 6.07) is 8.24. The van der Waals surface area contributed by atoms with Crippen LogP contribution in [0.25, 0.3) is 10.9 Å². The first-order valence-electron chi connectivity index (χ1n) is 8.86. The molecule has 4 rings (SSSR count). The average molecular weight is 325 g/mol. The molecule has 0 bridgehead atoms. The lowest BCUT2D eigenvalue weighted by molar-refractivity contribution is -0.155. The van der Waals surface area contributed by atoms with Crippen LogP contribution in [0, 0.1) is 11.8 Å². The zero-order valence-corrected chi connectivity index (χ0v) is 14.2. The van der Waals surface area contributed by atoms with Crippen molar-refractivity contribution >= 4 is 22.7 Å². The predicted octanol–water partition coefficient (Wildman–Crippen LogP) is 3.53. The van der Waals surface area contributed by atoms with Crippen LogP contribution in [0.1, 0.15) is 44.4 Å². The number of hydrogen-bond acceptors (Lipinski definition) is 3.